The van der Waals surface area contributed by atoms with Gasteiger partial charge >= 0.3 is 0 Å². The molecule has 2 aromatic rings. The fraction of sp³-hybridized carbons (Fsp3) is 0.0909. The lowest BCUT2D eigenvalue weighted by molar-refractivity contribution is -0.112. The molecule has 1 N–H and O–H groups in total. The Balaban J connectivity index is 2.38. The fourth-order valence-electron chi connectivity index (χ4n) is 2.44. The molecule has 0 saturated carbocycles. The van der Waals surface area contributed by atoms with Gasteiger partial charge in [0.05, 0.1) is 20.2 Å². The summed E-state index contributed by atoms with van der Waals surface area (Å²) in [6.07, 6.45) is 8.97. The van der Waals surface area contributed by atoms with Crippen molar-refractivity contribution < 1.29 is 9.53 Å². The van der Waals surface area contributed by atoms with Crippen molar-refractivity contribution in [3.8, 4) is 24.2 Å². The quantitative estimate of drug-likeness (QED) is 0.223. The number of amides is 1. The van der Waals surface area contributed by atoms with E-state index in [0.717, 1.165) is 5.56 Å². The van der Waals surface area contributed by atoms with Crippen molar-refractivity contribution in [2.24, 2.45) is 0 Å². The highest BCUT2D eigenvalue weighted by molar-refractivity contribution is 9.10. The van der Waals surface area contributed by atoms with Crippen LogP contribution in [0.4, 0.5) is 5.69 Å². The number of nitrogens with zero attached hydrogens (tertiary/aromatic N) is 1. The molecule has 0 bridgehead atoms. The van der Waals surface area contributed by atoms with Crippen LogP contribution in [0, 0.1) is 23.7 Å². The lowest BCUT2D eigenvalue weighted by Gasteiger charge is -2.12. The van der Waals surface area contributed by atoms with Crippen LogP contribution in [-0.4, -0.2) is 12.5 Å². The number of benzene rings is 2. The molecular weight excluding hydrogens is 475 g/mol. The Labute approximate surface area is 187 Å². The maximum absolute atomic E-state index is 12.5. The molecule has 0 spiro atoms. The first-order valence-electron chi connectivity index (χ1n) is 8.28. The van der Waals surface area contributed by atoms with E-state index in [4.69, 9.17) is 34.4 Å². The summed E-state index contributed by atoms with van der Waals surface area (Å²) in [7, 11) is 0. The summed E-state index contributed by atoms with van der Waals surface area (Å²) in [6.45, 7) is 3.85. The highest BCUT2D eigenvalue weighted by Crippen LogP contribution is 2.33. The minimum atomic E-state index is -0.606. The zero-order valence-corrected chi connectivity index (χ0v) is 18.2. The molecular formula is C22H15BrCl2N2O2. The first kappa shape index (κ1) is 22.6. The highest BCUT2D eigenvalue weighted by atomic mass is 79.9. The normalized spacial score (nSPS) is 10.6. The molecule has 1 amide bonds. The Bertz CT molecular complexity index is 1070. The van der Waals surface area contributed by atoms with E-state index in [0.29, 0.717) is 32.9 Å². The fourth-order valence-corrected chi connectivity index (χ4v) is 3.43. The smallest absolute Gasteiger partial charge is 0.266 e. The van der Waals surface area contributed by atoms with Gasteiger partial charge in [0, 0.05) is 0 Å². The van der Waals surface area contributed by atoms with Gasteiger partial charge in [-0.3, -0.25) is 4.79 Å². The van der Waals surface area contributed by atoms with Gasteiger partial charge in [-0.25, -0.2) is 0 Å². The van der Waals surface area contributed by atoms with E-state index in [1.165, 1.54) is 6.08 Å². The third kappa shape index (κ3) is 5.89. The Hall–Kier alpha value is -2.70. The number of ether oxygens (including phenoxy) is 1. The molecule has 146 valence electrons. The average Bonchev–Trinajstić information content (AvgIpc) is 2.69. The molecule has 2 aromatic carbocycles. The number of anilines is 1. The second kappa shape index (κ2) is 10.7. The number of nitrogens with one attached hydrogen (secondary N) is 1. The largest absolute Gasteiger partial charge is 0.479 e. The molecule has 0 unspecified atom stereocenters. The van der Waals surface area contributed by atoms with Gasteiger partial charge in [0.2, 0.25) is 0 Å². The minimum absolute atomic E-state index is 0.102. The maximum atomic E-state index is 12.5. The van der Waals surface area contributed by atoms with E-state index < -0.39 is 5.91 Å². The lowest BCUT2D eigenvalue weighted by Crippen LogP contribution is -2.13. The van der Waals surface area contributed by atoms with Crippen LogP contribution < -0.4 is 10.1 Å². The zero-order chi connectivity index (χ0) is 21.4. The first-order valence-corrected chi connectivity index (χ1v) is 9.82. The average molecular weight is 490 g/mol. The van der Waals surface area contributed by atoms with Crippen LogP contribution in [0.1, 0.15) is 11.1 Å². The van der Waals surface area contributed by atoms with Gasteiger partial charge in [0.15, 0.2) is 0 Å². The van der Waals surface area contributed by atoms with Gasteiger partial charge in [-0.1, -0.05) is 41.3 Å². The monoisotopic (exact) mass is 488 g/mol. The number of allylic oxidation sites excluding steroid dienone is 1. The molecule has 2 rings (SSSR count). The standard InChI is InChI=1S/C22H15BrCl2N2O2/c1-3-6-15-10-14(12-17(23)21(15)29-9-4-2)11-16(13-26)22(28)27-19-8-5-7-18(24)20(19)25/h2-3,5,7-8,10-12H,1,6,9H2,(H,27,28)/b16-11-. The number of halogens is 3. The molecule has 0 aliphatic heterocycles. The van der Waals surface area contributed by atoms with Gasteiger partial charge in [-0.05, 0) is 63.8 Å². The molecule has 0 radical (unpaired) electrons. The van der Waals surface area contributed by atoms with Crippen LogP contribution in [0.5, 0.6) is 5.75 Å². The van der Waals surface area contributed by atoms with Crippen LogP contribution in [-0.2, 0) is 11.2 Å². The summed E-state index contributed by atoms with van der Waals surface area (Å²) in [5.41, 5.74) is 1.66. The summed E-state index contributed by atoms with van der Waals surface area (Å²) in [6, 6.07) is 10.3. The number of carbonyl (C=O) groups excluding carboxylic acids is 1. The molecule has 0 aliphatic carbocycles. The summed E-state index contributed by atoms with van der Waals surface area (Å²) in [4.78, 5) is 12.5. The van der Waals surface area contributed by atoms with Gasteiger partial charge in [0.1, 0.15) is 24.0 Å². The number of hydrogen-bond acceptors (Lipinski definition) is 3. The van der Waals surface area contributed by atoms with Crippen molar-refractivity contribution in [3.05, 3.63) is 74.2 Å². The number of carbonyl (C=O) groups is 1. The molecule has 0 saturated heterocycles. The third-order valence-electron chi connectivity index (χ3n) is 3.68. The van der Waals surface area contributed by atoms with E-state index in [1.807, 2.05) is 6.07 Å². The molecule has 0 atom stereocenters. The van der Waals surface area contributed by atoms with Crippen molar-refractivity contribution in [1.29, 1.82) is 5.26 Å². The summed E-state index contributed by atoms with van der Waals surface area (Å²) in [5.74, 6) is 2.40. The van der Waals surface area contributed by atoms with Crippen molar-refractivity contribution in [1.82, 2.24) is 0 Å². The van der Waals surface area contributed by atoms with E-state index in [1.54, 1.807) is 36.4 Å². The van der Waals surface area contributed by atoms with Crippen molar-refractivity contribution in [2.45, 2.75) is 6.42 Å². The number of nitriles is 1. The van der Waals surface area contributed by atoms with Gasteiger partial charge in [0.25, 0.3) is 5.91 Å². The van der Waals surface area contributed by atoms with Gasteiger partial charge in [-0.2, -0.15) is 5.26 Å². The zero-order valence-electron chi connectivity index (χ0n) is 15.1. The molecule has 0 heterocycles. The Kier molecular flexibility index (Phi) is 8.36. The summed E-state index contributed by atoms with van der Waals surface area (Å²) >= 11 is 15.5. The van der Waals surface area contributed by atoms with Gasteiger partial charge < -0.3 is 10.1 Å². The SMILES string of the molecule is C#CCOc1c(Br)cc(/C=C(/C#N)C(=O)Nc2cccc(Cl)c2Cl)cc1CC=C. The molecule has 0 fully saturated rings. The Morgan fingerprint density at radius 2 is 2.14 bits per heavy atom. The maximum Gasteiger partial charge on any atom is 0.266 e. The second-order valence-electron chi connectivity index (χ2n) is 5.70. The van der Waals surface area contributed by atoms with E-state index in [-0.39, 0.29) is 17.2 Å². The van der Waals surface area contributed by atoms with E-state index >= 15 is 0 Å². The molecule has 4 nitrogen and oxygen atoms in total. The highest BCUT2D eigenvalue weighted by Gasteiger charge is 2.14. The van der Waals surface area contributed by atoms with Crippen LogP contribution in [0.3, 0.4) is 0 Å². The van der Waals surface area contributed by atoms with Crippen LogP contribution in [0.25, 0.3) is 6.08 Å². The number of rotatable bonds is 7. The minimum Gasteiger partial charge on any atom is -0.479 e. The summed E-state index contributed by atoms with van der Waals surface area (Å²) in [5, 5.41) is 12.6. The second-order valence-corrected chi connectivity index (χ2v) is 7.34. The van der Waals surface area contributed by atoms with E-state index in [9.17, 15) is 10.1 Å². The van der Waals surface area contributed by atoms with Crippen molar-refractivity contribution in [3.63, 3.8) is 0 Å². The Morgan fingerprint density at radius 3 is 2.79 bits per heavy atom. The summed E-state index contributed by atoms with van der Waals surface area (Å²) < 4.78 is 6.23. The molecule has 0 aromatic heterocycles. The predicted molar refractivity (Wildman–Crippen MR) is 121 cm³/mol. The van der Waals surface area contributed by atoms with Crippen molar-refractivity contribution in [2.75, 3.05) is 11.9 Å². The lowest BCUT2D eigenvalue weighted by atomic mass is 10.0. The van der Waals surface area contributed by atoms with Crippen LogP contribution in [0.15, 0.2) is 53.0 Å². The first-order chi connectivity index (χ1) is 13.9. The molecule has 7 heteroatoms. The Morgan fingerprint density at radius 1 is 1.38 bits per heavy atom. The predicted octanol–water partition coefficient (Wildman–Crippen LogP) is 6.04. The molecule has 29 heavy (non-hydrogen) atoms. The van der Waals surface area contributed by atoms with E-state index in [2.05, 4.69) is 33.7 Å². The number of terminal acetylenes is 1. The van der Waals surface area contributed by atoms with Crippen LogP contribution in [0.2, 0.25) is 10.0 Å². The topological polar surface area (TPSA) is 62.1 Å². The van der Waals surface area contributed by atoms with Gasteiger partial charge in [-0.15, -0.1) is 13.0 Å². The number of hydrogen-bond donors (Lipinski definition) is 1. The molecule has 0 aliphatic rings. The van der Waals surface area contributed by atoms with Crippen molar-refractivity contribution >= 4 is 56.8 Å². The van der Waals surface area contributed by atoms with Crippen LogP contribution >= 0.6 is 39.1 Å². The third-order valence-corrected chi connectivity index (χ3v) is 5.09.